The number of aromatic amines is 1. The van der Waals surface area contributed by atoms with Crippen molar-refractivity contribution in [2.24, 2.45) is 0 Å². The van der Waals surface area contributed by atoms with E-state index in [1.165, 1.54) is 4.90 Å². The summed E-state index contributed by atoms with van der Waals surface area (Å²) in [5.41, 5.74) is 6.82. The number of nitrogens with one attached hydrogen (secondary N) is 1. The molecule has 2 aromatic rings. The molecule has 0 saturated carbocycles. The fourth-order valence-corrected chi connectivity index (χ4v) is 1.80. The Hall–Kier alpha value is -2.50. The lowest BCUT2D eigenvalue weighted by atomic mass is 10.1. The van der Waals surface area contributed by atoms with Crippen LogP contribution in [-0.4, -0.2) is 21.7 Å². The molecule has 0 bridgehead atoms. The molecule has 2 rings (SSSR count). The first-order valence-electron chi connectivity index (χ1n) is 6.70. The van der Waals surface area contributed by atoms with E-state index in [4.69, 9.17) is 10.5 Å². The molecule has 1 aromatic heterocycles. The van der Waals surface area contributed by atoms with Gasteiger partial charge >= 0.3 is 6.09 Å². The monoisotopic (exact) mass is 288 g/mol. The number of nitrogens with zero attached hydrogens (tertiary/aromatic N) is 2. The molecule has 6 nitrogen and oxygen atoms in total. The van der Waals surface area contributed by atoms with Gasteiger partial charge in [-0.3, -0.25) is 0 Å². The zero-order valence-corrected chi connectivity index (χ0v) is 12.5. The molecule has 1 heterocycles. The molecule has 0 saturated heterocycles. The summed E-state index contributed by atoms with van der Waals surface area (Å²) < 4.78 is 5.42. The number of H-pyrrole nitrogens is 1. The molecule has 1 aromatic carbocycles. The molecule has 0 fully saturated rings. The number of hydrogen-bond donors (Lipinski definition) is 2. The summed E-state index contributed by atoms with van der Waals surface area (Å²) in [5, 5.41) is 0. The van der Waals surface area contributed by atoms with Gasteiger partial charge in [0.25, 0.3) is 0 Å². The third-order valence-corrected chi connectivity index (χ3v) is 2.74. The van der Waals surface area contributed by atoms with E-state index in [2.05, 4.69) is 9.97 Å². The van der Waals surface area contributed by atoms with Crippen molar-refractivity contribution >= 4 is 17.7 Å². The summed E-state index contributed by atoms with van der Waals surface area (Å²) in [6.45, 7) is 5.75. The SMILES string of the molecule is CC(C)(C)OC(=O)N(Cc1ccccc1N)c1ncc[nH]1. The van der Waals surface area contributed by atoms with Gasteiger partial charge in [-0.15, -0.1) is 0 Å². The van der Waals surface area contributed by atoms with E-state index < -0.39 is 11.7 Å². The molecule has 1 amide bonds. The maximum absolute atomic E-state index is 12.4. The Labute approximate surface area is 123 Å². The summed E-state index contributed by atoms with van der Waals surface area (Å²) in [6.07, 6.45) is 2.77. The maximum atomic E-state index is 12.4. The van der Waals surface area contributed by atoms with Crippen molar-refractivity contribution in [1.29, 1.82) is 0 Å². The van der Waals surface area contributed by atoms with Crippen LogP contribution in [0.3, 0.4) is 0 Å². The van der Waals surface area contributed by atoms with E-state index in [9.17, 15) is 4.79 Å². The number of benzene rings is 1. The van der Waals surface area contributed by atoms with E-state index in [0.717, 1.165) is 5.56 Å². The molecule has 0 aliphatic rings. The number of nitrogen functional groups attached to an aromatic ring is 1. The van der Waals surface area contributed by atoms with Crippen LogP contribution in [0.5, 0.6) is 0 Å². The summed E-state index contributed by atoms with van der Waals surface area (Å²) in [5.74, 6) is 0.424. The molecule has 3 N–H and O–H groups in total. The van der Waals surface area contributed by atoms with Crippen LogP contribution in [0.25, 0.3) is 0 Å². The Morgan fingerprint density at radius 1 is 1.38 bits per heavy atom. The lowest BCUT2D eigenvalue weighted by Gasteiger charge is -2.26. The lowest BCUT2D eigenvalue weighted by molar-refractivity contribution is 0.0575. The van der Waals surface area contributed by atoms with E-state index in [-0.39, 0.29) is 6.54 Å². The molecule has 0 atom stereocenters. The molecule has 0 aliphatic carbocycles. The van der Waals surface area contributed by atoms with Gasteiger partial charge in [0.2, 0.25) is 5.95 Å². The molecule has 21 heavy (non-hydrogen) atoms. The first-order valence-corrected chi connectivity index (χ1v) is 6.70. The number of hydrogen-bond acceptors (Lipinski definition) is 4. The quantitative estimate of drug-likeness (QED) is 0.850. The Bertz CT molecular complexity index is 602. The number of carbonyl (C=O) groups is 1. The highest BCUT2D eigenvalue weighted by atomic mass is 16.6. The molecule has 0 unspecified atom stereocenters. The van der Waals surface area contributed by atoms with Crippen molar-refractivity contribution in [3.63, 3.8) is 0 Å². The minimum atomic E-state index is -0.579. The number of imidazole rings is 1. The van der Waals surface area contributed by atoms with Crippen LogP contribution in [0.2, 0.25) is 0 Å². The smallest absolute Gasteiger partial charge is 0.417 e. The number of ether oxygens (including phenoxy) is 1. The maximum Gasteiger partial charge on any atom is 0.417 e. The van der Waals surface area contributed by atoms with Crippen molar-refractivity contribution < 1.29 is 9.53 Å². The number of aromatic nitrogens is 2. The Kier molecular flexibility index (Phi) is 4.16. The van der Waals surface area contributed by atoms with Crippen molar-refractivity contribution in [2.75, 3.05) is 10.6 Å². The third-order valence-electron chi connectivity index (χ3n) is 2.74. The van der Waals surface area contributed by atoms with Crippen LogP contribution in [0.15, 0.2) is 36.7 Å². The highest BCUT2D eigenvalue weighted by Gasteiger charge is 2.25. The van der Waals surface area contributed by atoms with Gasteiger partial charge in [0.05, 0.1) is 6.54 Å². The zero-order valence-electron chi connectivity index (χ0n) is 12.5. The summed E-state index contributed by atoms with van der Waals surface area (Å²) in [4.78, 5) is 20.8. The van der Waals surface area contributed by atoms with Crippen molar-refractivity contribution in [1.82, 2.24) is 9.97 Å². The number of nitrogens with two attached hydrogens (primary N) is 1. The minimum Gasteiger partial charge on any atom is -0.443 e. The highest BCUT2D eigenvalue weighted by molar-refractivity contribution is 5.85. The second kappa shape index (κ2) is 5.87. The predicted octanol–water partition coefficient (Wildman–Crippen LogP) is 2.93. The van der Waals surface area contributed by atoms with Gasteiger partial charge in [0.15, 0.2) is 0 Å². The van der Waals surface area contributed by atoms with Gasteiger partial charge in [-0.2, -0.15) is 0 Å². The largest absolute Gasteiger partial charge is 0.443 e. The number of rotatable bonds is 3. The molecule has 0 radical (unpaired) electrons. The summed E-state index contributed by atoms with van der Waals surface area (Å²) >= 11 is 0. The van der Waals surface area contributed by atoms with Gasteiger partial charge in [0.1, 0.15) is 5.60 Å². The first-order chi connectivity index (χ1) is 9.87. The molecular weight excluding hydrogens is 268 g/mol. The van der Waals surface area contributed by atoms with Gasteiger partial charge in [0, 0.05) is 18.1 Å². The summed E-state index contributed by atoms with van der Waals surface area (Å²) in [7, 11) is 0. The van der Waals surface area contributed by atoms with Crippen LogP contribution in [-0.2, 0) is 11.3 Å². The first kappa shape index (κ1) is 14.9. The van der Waals surface area contributed by atoms with Crippen molar-refractivity contribution in [3.05, 3.63) is 42.2 Å². The van der Waals surface area contributed by atoms with Crippen molar-refractivity contribution in [2.45, 2.75) is 32.9 Å². The third kappa shape index (κ3) is 3.98. The topological polar surface area (TPSA) is 84.2 Å². The van der Waals surface area contributed by atoms with Crippen LogP contribution < -0.4 is 10.6 Å². The molecular formula is C15H20N4O2. The molecule has 112 valence electrons. The van der Waals surface area contributed by atoms with E-state index in [1.807, 2.05) is 39.0 Å². The Morgan fingerprint density at radius 3 is 2.67 bits per heavy atom. The lowest BCUT2D eigenvalue weighted by Crippen LogP contribution is -2.37. The van der Waals surface area contributed by atoms with Gasteiger partial charge < -0.3 is 15.5 Å². The van der Waals surface area contributed by atoms with Crippen LogP contribution in [0.1, 0.15) is 26.3 Å². The van der Waals surface area contributed by atoms with Crippen LogP contribution >= 0.6 is 0 Å². The molecule has 6 heteroatoms. The predicted molar refractivity (Wildman–Crippen MR) is 81.9 cm³/mol. The fraction of sp³-hybridized carbons (Fsp3) is 0.333. The fourth-order valence-electron chi connectivity index (χ4n) is 1.80. The van der Waals surface area contributed by atoms with E-state index in [1.54, 1.807) is 18.5 Å². The number of amides is 1. The zero-order chi connectivity index (χ0) is 15.5. The molecule has 0 aliphatic heterocycles. The Balaban J connectivity index is 2.25. The highest BCUT2D eigenvalue weighted by Crippen LogP contribution is 2.20. The number of anilines is 2. The Morgan fingerprint density at radius 2 is 2.10 bits per heavy atom. The molecule has 0 spiro atoms. The van der Waals surface area contributed by atoms with Gasteiger partial charge in [-0.1, -0.05) is 18.2 Å². The summed E-state index contributed by atoms with van der Waals surface area (Å²) in [6, 6.07) is 7.39. The minimum absolute atomic E-state index is 0.287. The van der Waals surface area contributed by atoms with E-state index in [0.29, 0.717) is 11.6 Å². The average Bonchev–Trinajstić information content (AvgIpc) is 2.89. The second-order valence-corrected chi connectivity index (χ2v) is 5.68. The van der Waals surface area contributed by atoms with Gasteiger partial charge in [-0.25, -0.2) is 14.7 Å². The normalized spacial score (nSPS) is 11.2. The van der Waals surface area contributed by atoms with Crippen molar-refractivity contribution in [3.8, 4) is 0 Å². The van der Waals surface area contributed by atoms with Gasteiger partial charge in [-0.05, 0) is 32.4 Å². The standard InChI is InChI=1S/C15H20N4O2/c1-15(2,3)21-14(20)19(13-17-8-9-18-13)10-11-6-4-5-7-12(11)16/h4-9H,10,16H2,1-3H3,(H,17,18). The van der Waals surface area contributed by atoms with E-state index >= 15 is 0 Å². The van der Waals surface area contributed by atoms with Crippen LogP contribution in [0, 0.1) is 0 Å². The average molecular weight is 288 g/mol. The number of para-hydroxylation sites is 1. The number of carbonyl (C=O) groups excluding carboxylic acids is 1. The second-order valence-electron chi connectivity index (χ2n) is 5.68. The van der Waals surface area contributed by atoms with Crippen LogP contribution in [0.4, 0.5) is 16.4 Å².